The van der Waals surface area contributed by atoms with Gasteiger partial charge in [0.25, 0.3) is 0 Å². The molecule has 5 nitrogen and oxygen atoms in total. The quantitative estimate of drug-likeness (QED) is 0.860. The zero-order valence-electron chi connectivity index (χ0n) is 10.8. The predicted octanol–water partition coefficient (Wildman–Crippen LogP) is 2.25. The number of aromatic nitrogens is 4. The number of halogens is 1. The summed E-state index contributed by atoms with van der Waals surface area (Å²) in [4.78, 5) is 0. The second-order valence-electron chi connectivity index (χ2n) is 5.60. The van der Waals surface area contributed by atoms with Crippen LogP contribution in [0.2, 0.25) is 0 Å². The highest BCUT2D eigenvalue weighted by molar-refractivity contribution is 5.61. The first-order chi connectivity index (χ1) is 9.06. The van der Waals surface area contributed by atoms with Crippen LogP contribution >= 0.6 is 0 Å². The van der Waals surface area contributed by atoms with Gasteiger partial charge in [0.2, 0.25) is 0 Å². The van der Waals surface area contributed by atoms with Gasteiger partial charge in [0.05, 0.1) is 6.54 Å². The largest absolute Gasteiger partial charge is 0.399 e. The molecule has 3 rings (SSSR count). The Morgan fingerprint density at radius 2 is 2.16 bits per heavy atom. The van der Waals surface area contributed by atoms with E-state index in [1.54, 1.807) is 10.7 Å². The molecular weight excluding hydrogens is 245 g/mol. The van der Waals surface area contributed by atoms with E-state index in [1.807, 2.05) is 0 Å². The lowest BCUT2D eigenvalue weighted by atomic mass is 9.70. The Hall–Kier alpha value is -1.98. The van der Waals surface area contributed by atoms with Gasteiger partial charge in [-0.1, -0.05) is 13.3 Å². The lowest BCUT2D eigenvalue weighted by Crippen LogP contribution is -2.31. The molecule has 100 valence electrons. The zero-order chi connectivity index (χ0) is 13.5. The topological polar surface area (TPSA) is 69.6 Å². The fourth-order valence-electron chi connectivity index (χ4n) is 2.56. The second kappa shape index (κ2) is 4.29. The summed E-state index contributed by atoms with van der Waals surface area (Å²) in [5.74, 6) is 0.193. The first-order valence-corrected chi connectivity index (χ1v) is 6.38. The number of rotatable bonds is 3. The molecule has 1 aromatic heterocycles. The maximum atomic E-state index is 13.4. The van der Waals surface area contributed by atoms with Gasteiger partial charge in [-0.3, -0.25) is 0 Å². The monoisotopic (exact) mass is 261 g/mol. The van der Waals surface area contributed by atoms with Crippen LogP contribution in [0.1, 0.15) is 26.2 Å². The average Bonchev–Trinajstić information content (AvgIpc) is 2.73. The molecule has 1 fully saturated rings. The van der Waals surface area contributed by atoms with Crippen molar-refractivity contribution in [2.45, 2.75) is 32.7 Å². The second-order valence-corrected chi connectivity index (χ2v) is 5.60. The van der Waals surface area contributed by atoms with Gasteiger partial charge in [-0.05, 0) is 46.9 Å². The molecular formula is C13H16FN5. The highest BCUT2D eigenvalue weighted by atomic mass is 19.1. The number of hydrogen-bond donors (Lipinski definition) is 1. The van der Waals surface area contributed by atoms with Gasteiger partial charge in [0, 0.05) is 11.3 Å². The molecule has 1 aliphatic rings. The van der Waals surface area contributed by atoms with E-state index in [4.69, 9.17) is 5.73 Å². The van der Waals surface area contributed by atoms with Crippen LogP contribution in [0.5, 0.6) is 0 Å². The summed E-state index contributed by atoms with van der Waals surface area (Å²) >= 11 is 0. The third-order valence-corrected chi connectivity index (χ3v) is 3.80. The van der Waals surface area contributed by atoms with E-state index < -0.39 is 0 Å². The molecule has 19 heavy (non-hydrogen) atoms. The third-order valence-electron chi connectivity index (χ3n) is 3.80. The molecule has 1 aliphatic carbocycles. The Morgan fingerprint density at radius 1 is 1.37 bits per heavy atom. The van der Waals surface area contributed by atoms with E-state index in [0.717, 1.165) is 6.54 Å². The van der Waals surface area contributed by atoms with Crippen molar-refractivity contribution in [3.05, 3.63) is 24.0 Å². The standard InChI is InChI=1S/C13H16FN5/c1-13(3-2-4-13)8-19-12(16-17-18-19)9-5-10(14)7-11(15)6-9/h5-7H,2-4,8,15H2,1H3. The van der Waals surface area contributed by atoms with E-state index >= 15 is 0 Å². The number of nitrogen functional groups attached to an aromatic ring is 1. The smallest absolute Gasteiger partial charge is 0.182 e. The zero-order valence-corrected chi connectivity index (χ0v) is 10.8. The van der Waals surface area contributed by atoms with E-state index in [2.05, 4.69) is 22.4 Å². The SMILES string of the molecule is CC1(Cn2nnnc2-c2cc(N)cc(F)c2)CCC1. The van der Waals surface area contributed by atoms with Crippen LogP contribution in [-0.2, 0) is 6.54 Å². The number of hydrogen-bond acceptors (Lipinski definition) is 4. The van der Waals surface area contributed by atoms with Gasteiger partial charge < -0.3 is 5.73 Å². The number of anilines is 1. The summed E-state index contributed by atoms with van der Waals surface area (Å²) in [7, 11) is 0. The Morgan fingerprint density at radius 3 is 2.79 bits per heavy atom. The van der Waals surface area contributed by atoms with Crippen LogP contribution in [0.3, 0.4) is 0 Å². The van der Waals surface area contributed by atoms with Crippen LogP contribution in [0.25, 0.3) is 11.4 Å². The van der Waals surface area contributed by atoms with Gasteiger partial charge in [0.15, 0.2) is 5.82 Å². The van der Waals surface area contributed by atoms with Crippen LogP contribution in [0.4, 0.5) is 10.1 Å². The molecule has 1 heterocycles. The molecule has 0 amide bonds. The average molecular weight is 261 g/mol. The van der Waals surface area contributed by atoms with E-state index in [9.17, 15) is 4.39 Å². The lowest BCUT2D eigenvalue weighted by molar-refractivity contribution is 0.126. The summed E-state index contributed by atoms with van der Waals surface area (Å²) < 4.78 is 15.2. The minimum Gasteiger partial charge on any atom is -0.399 e. The minimum absolute atomic E-state index is 0.253. The molecule has 0 saturated heterocycles. The molecule has 0 unspecified atom stereocenters. The molecule has 0 spiro atoms. The van der Waals surface area contributed by atoms with Crippen LogP contribution in [0.15, 0.2) is 18.2 Å². The normalized spacial score (nSPS) is 17.2. The Bertz CT molecular complexity index is 583. The molecule has 2 aromatic rings. The summed E-state index contributed by atoms with van der Waals surface area (Å²) in [6.45, 7) is 2.98. The van der Waals surface area contributed by atoms with Crippen molar-refractivity contribution >= 4 is 5.69 Å². The summed E-state index contributed by atoms with van der Waals surface area (Å²) in [6.07, 6.45) is 3.61. The fraction of sp³-hybridized carbons (Fsp3) is 0.462. The molecule has 6 heteroatoms. The molecule has 0 aliphatic heterocycles. The Labute approximate surface area is 110 Å². The molecule has 2 N–H and O–H groups in total. The van der Waals surface area contributed by atoms with Crippen molar-refractivity contribution < 1.29 is 4.39 Å². The summed E-state index contributed by atoms with van der Waals surface area (Å²) in [5.41, 5.74) is 6.91. The van der Waals surface area contributed by atoms with Crippen molar-refractivity contribution in [2.75, 3.05) is 5.73 Å². The molecule has 0 atom stereocenters. The van der Waals surface area contributed by atoms with Crippen LogP contribution < -0.4 is 5.73 Å². The number of nitrogens with zero attached hydrogens (tertiary/aromatic N) is 4. The first kappa shape index (κ1) is 12.1. The van der Waals surface area contributed by atoms with Crippen LogP contribution in [0, 0.1) is 11.2 Å². The maximum absolute atomic E-state index is 13.4. The predicted molar refractivity (Wildman–Crippen MR) is 69.6 cm³/mol. The maximum Gasteiger partial charge on any atom is 0.182 e. The highest BCUT2D eigenvalue weighted by Gasteiger charge is 2.33. The van der Waals surface area contributed by atoms with Gasteiger partial charge in [-0.2, -0.15) is 0 Å². The number of benzene rings is 1. The molecule has 1 saturated carbocycles. The summed E-state index contributed by atoms with van der Waals surface area (Å²) in [6, 6.07) is 4.38. The lowest BCUT2D eigenvalue weighted by Gasteiger charge is -2.38. The minimum atomic E-state index is -0.376. The Balaban J connectivity index is 1.94. The van der Waals surface area contributed by atoms with Gasteiger partial charge in [-0.15, -0.1) is 5.10 Å². The fourth-order valence-corrected chi connectivity index (χ4v) is 2.56. The number of tetrazole rings is 1. The first-order valence-electron chi connectivity index (χ1n) is 6.38. The van der Waals surface area contributed by atoms with Gasteiger partial charge in [-0.25, -0.2) is 9.07 Å². The molecule has 0 radical (unpaired) electrons. The molecule has 0 bridgehead atoms. The van der Waals surface area contributed by atoms with Crippen molar-refractivity contribution in [3.8, 4) is 11.4 Å². The Kier molecular flexibility index (Phi) is 2.73. The third kappa shape index (κ3) is 2.30. The van der Waals surface area contributed by atoms with Crippen LogP contribution in [-0.4, -0.2) is 20.2 Å². The van der Waals surface area contributed by atoms with Crippen molar-refractivity contribution in [3.63, 3.8) is 0 Å². The van der Waals surface area contributed by atoms with Crippen molar-refractivity contribution in [1.82, 2.24) is 20.2 Å². The highest BCUT2D eigenvalue weighted by Crippen LogP contribution is 2.42. The molecule has 1 aromatic carbocycles. The van der Waals surface area contributed by atoms with Gasteiger partial charge in [0.1, 0.15) is 5.82 Å². The van der Waals surface area contributed by atoms with E-state index in [-0.39, 0.29) is 11.2 Å². The van der Waals surface area contributed by atoms with Crippen molar-refractivity contribution in [2.24, 2.45) is 5.41 Å². The summed E-state index contributed by atoms with van der Waals surface area (Å²) in [5, 5.41) is 11.7. The number of nitrogens with two attached hydrogens (primary N) is 1. The van der Waals surface area contributed by atoms with Crippen molar-refractivity contribution in [1.29, 1.82) is 0 Å². The van der Waals surface area contributed by atoms with E-state index in [0.29, 0.717) is 17.1 Å². The van der Waals surface area contributed by atoms with Gasteiger partial charge >= 0.3 is 0 Å². The van der Waals surface area contributed by atoms with E-state index in [1.165, 1.54) is 31.4 Å².